The number of allylic oxidation sites excluding steroid dienone is 19. The van der Waals surface area contributed by atoms with Gasteiger partial charge in [-0.15, -0.1) is 0 Å². The predicted molar refractivity (Wildman–Crippen MR) is 251 cm³/mol. The number of esters is 3. The predicted octanol–water partition coefficient (Wildman–Crippen LogP) is 15.0. The lowest BCUT2D eigenvalue weighted by atomic mass is 10.1. The molecule has 0 bridgehead atoms. The van der Waals surface area contributed by atoms with Crippen LogP contribution in [0.25, 0.3) is 0 Å². The van der Waals surface area contributed by atoms with Gasteiger partial charge in [0.05, 0.1) is 6.42 Å². The molecule has 1 atom stereocenters. The van der Waals surface area contributed by atoms with Crippen molar-refractivity contribution >= 4 is 17.9 Å². The Bertz CT molecular complexity index is 1300. The minimum atomic E-state index is -0.835. The SMILES string of the molecule is CC\C=C/C=C\C=C/C=C\C=C\C=C/CCCCCC(=O)OCC(COC(=O)C/C=C\C/C=C\C/C=C\CC)OC(=O)CCCCCCCCC/C=C\CCCCCC. The van der Waals surface area contributed by atoms with Gasteiger partial charge in [0, 0.05) is 12.8 Å². The first-order chi connectivity index (χ1) is 29.0. The topological polar surface area (TPSA) is 78.9 Å². The molecule has 0 saturated heterocycles. The van der Waals surface area contributed by atoms with Gasteiger partial charge in [0.25, 0.3) is 0 Å². The molecule has 0 heterocycles. The van der Waals surface area contributed by atoms with Gasteiger partial charge in [0.2, 0.25) is 0 Å². The van der Waals surface area contributed by atoms with Gasteiger partial charge in [-0.3, -0.25) is 14.4 Å². The Morgan fingerprint density at radius 2 is 0.814 bits per heavy atom. The monoisotopic (exact) mass is 815 g/mol. The lowest BCUT2D eigenvalue weighted by Crippen LogP contribution is -2.30. The van der Waals surface area contributed by atoms with E-state index in [1.54, 1.807) is 6.08 Å². The molecule has 330 valence electrons. The number of ether oxygens (including phenoxy) is 3. The molecule has 0 N–H and O–H groups in total. The van der Waals surface area contributed by atoms with Gasteiger partial charge in [-0.2, -0.15) is 0 Å². The Balaban J connectivity index is 4.54. The Morgan fingerprint density at radius 1 is 0.390 bits per heavy atom. The molecule has 0 radical (unpaired) electrons. The van der Waals surface area contributed by atoms with Gasteiger partial charge in [0.1, 0.15) is 13.2 Å². The highest BCUT2D eigenvalue weighted by atomic mass is 16.6. The van der Waals surface area contributed by atoms with E-state index in [4.69, 9.17) is 14.2 Å². The fourth-order valence-electron chi connectivity index (χ4n) is 5.70. The number of carbonyl (C=O) groups is 3. The van der Waals surface area contributed by atoms with Crippen LogP contribution in [0.1, 0.15) is 175 Å². The van der Waals surface area contributed by atoms with Crippen LogP contribution in [-0.2, 0) is 28.6 Å². The lowest BCUT2D eigenvalue weighted by Gasteiger charge is -2.18. The zero-order valence-corrected chi connectivity index (χ0v) is 37.5. The minimum absolute atomic E-state index is 0.121. The molecule has 0 aromatic heterocycles. The van der Waals surface area contributed by atoms with Crippen molar-refractivity contribution < 1.29 is 28.6 Å². The van der Waals surface area contributed by atoms with Crippen molar-refractivity contribution in [3.8, 4) is 0 Å². The Hall–Kier alpha value is -4.19. The summed E-state index contributed by atoms with van der Waals surface area (Å²) in [4.78, 5) is 37.7. The number of hydrogen-bond donors (Lipinski definition) is 0. The van der Waals surface area contributed by atoms with E-state index in [0.29, 0.717) is 12.8 Å². The van der Waals surface area contributed by atoms with Gasteiger partial charge >= 0.3 is 17.9 Å². The average Bonchev–Trinajstić information content (AvgIpc) is 3.23. The second kappa shape index (κ2) is 46.5. The molecule has 59 heavy (non-hydrogen) atoms. The van der Waals surface area contributed by atoms with Crippen LogP contribution in [0.2, 0.25) is 0 Å². The number of hydrogen-bond acceptors (Lipinski definition) is 6. The summed E-state index contributed by atoms with van der Waals surface area (Å²) in [6, 6.07) is 0. The maximum absolute atomic E-state index is 12.7. The molecule has 0 aliphatic carbocycles. The zero-order valence-electron chi connectivity index (χ0n) is 37.5. The average molecular weight is 815 g/mol. The van der Waals surface area contributed by atoms with Gasteiger partial charge < -0.3 is 14.2 Å². The van der Waals surface area contributed by atoms with Crippen molar-refractivity contribution in [1.29, 1.82) is 0 Å². The van der Waals surface area contributed by atoms with E-state index in [0.717, 1.165) is 64.2 Å². The van der Waals surface area contributed by atoms with Crippen LogP contribution in [0.4, 0.5) is 0 Å². The first kappa shape index (κ1) is 54.8. The third-order valence-electron chi connectivity index (χ3n) is 9.13. The van der Waals surface area contributed by atoms with Gasteiger partial charge in [-0.05, 0) is 77.0 Å². The Labute approximate surface area is 361 Å². The third-order valence-corrected chi connectivity index (χ3v) is 9.13. The zero-order chi connectivity index (χ0) is 43.0. The molecule has 0 amide bonds. The summed E-state index contributed by atoms with van der Waals surface area (Å²) in [7, 11) is 0. The molecule has 0 aliphatic rings. The third kappa shape index (κ3) is 44.8. The van der Waals surface area contributed by atoms with Crippen molar-refractivity contribution in [3.63, 3.8) is 0 Å². The summed E-state index contributed by atoms with van der Waals surface area (Å²) in [6.07, 6.45) is 63.5. The molecule has 0 rings (SSSR count). The highest BCUT2D eigenvalue weighted by Crippen LogP contribution is 2.12. The molecule has 6 nitrogen and oxygen atoms in total. The Morgan fingerprint density at radius 3 is 1.39 bits per heavy atom. The van der Waals surface area contributed by atoms with E-state index >= 15 is 0 Å². The van der Waals surface area contributed by atoms with Crippen LogP contribution in [0.5, 0.6) is 0 Å². The number of rotatable bonds is 39. The fourth-order valence-corrected chi connectivity index (χ4v) is 5.70. The molecule has 0 fully saturated rings. The van der Waals surface area contributed by atoms with E-state index in [-0.39, 0.29) is 38.0 Å². The molecule has 6 heteroatoms. The van der Waals surface area contributed by atoms with Crippen molar-refractivity contribution in [2.24, 2.45) is 0 Å². The minimum Gasteiger partial charge on any atom is -0.462 e. The van der Waals surface area contributed by atoms with Crippen LogP contribution in [0.15, 0.2) is 122 Å². The second-order valence-corrected chi connectivity index (χ2v) is 14.7. The van der Waals surface area contributed by atoms with Crippen molar-refractivity contribution in [3.05, 3.63) is 122 Å². The molecule has 1 unspecified atom stereocenters. The number of unbranched alkanes of at least 4 members (excludes halogenated alkanes) is 14. The van der Waals surface area contributed by atoms with Crippen LogP contribution in [0, 0.1) is 0 Å². The fraction of sp³-hybridized carbons (Fsp3) is 0.566. The Kier molecular flexibility index (Phi) is 43.2. The maximum Gasteiger partial charge on any atom is 0.309 e. The lowest BCUT2D eigenvalue weighted by molar-refractivity contribution is -0.166. The van der Waals surface area contributed by atoms with Crippen LogP contribution in [-0.4, -0.2) is 37.2 Å². The quantitative estimate of drug-likeness (QED) is 0.0202. The molecule has 0 aromatic rings. The van der Waals surface area contributed by atoms with Crippen LogP contribution in [0.3, 0.4) is 0 Å². The van der Waals surface area contributed by atoms with E-state index in [9.17, 15) is 14.4 Å². The standard InChI is InChI=1S/C53H82O6/c1-4-7-10-13-16-19-21-23-25-26-28-29-31-34-37-40-43-46-52(55)58-49-50(48-57-51(54)45-42-39-36-33-18-15-12-9-6-3)59-53(56)47-44-41-38-35-32-30-27-24-22-20-17-14-11-8-5-2/h7,9-10,12-13,16,18-23,25-26,28-29,31,33,39,42,50H,4-6,8,11,14-15,17,24,27,30,32,34-38,40-41,43-49H2,1-3H3/b10-7-,12-9-,16-13-,21-19-,22-20-,25-23-,28-26+,31-29-,33-18-,42-39-. The van der Waals surface area contributed by atoms with Crippen LogP contribution >= 0.6 is 0 Å². The van der Waals surface area contributed by atoms with E-state index in [2.05, 4.69) is 69.4 Å². The molecule has 0 aliphatic heterocycles. The second-order valence-electron chi connectivity index (χ2n) is 14.7. The summed E-state index contributed by atoms with van der Waals surface area (Å²) in [5.74, 6) is -1.12. The van der Waals surface area contributed by atoms with Crippen molar-refractivity contribution in [2.75, 3.05) is 13.2 Å². The summed E-state index contributed by atoms with van der Waals surface area (Å²) >= 11 is 0. The molecule has 0 spiro atoms. The van der Waals surface area contributed by atoms with E-state index in [1.807, 2.05) is 66.8 Å². The first-order valence-corrected chi connectivity index (χ1v) is 23.1. The van der Waals surface area contributed by atoms with Gasteiger partial charge in [0.15, 0.2) is 6.10 Å². The molecular weight excluding hydrogens is 733 g/mol. The smallest absolute Gasteiger partial charge is 0.309 e. The number of carbonyl (C=O) groups excluding carboxylic acids is 3. The van der Waals surface area contributed by atoms with Crippen molar-refractivity contribution in [1.82, 2.24) is 0 Å². The van der Waals surface area contributed by atoms with Gasteiger partial charge in [-0.25, -0.2) is 0 Å². The largest absolute Gasteiger partial charge is 0.462 e. The summed E-state index contributed by atoms with van der Waals surface area (Å²) < 4.78 is 16.6. The van der Waals surface area contributed by atoms with E-state index in [1.165, 1.54) is 64.2 Å². The highest BCUT2D eigenvalue weighted by Gasteiger charge is 2.19. The van der Waals surface area contributed by atoms with Gasteiger partial charge in [-0.1, -0.05) is 200 Å². The molecular formula is C53H82O6. The normalized spacial score (nSPS) is 13.2. The summed E-state index contributed by atoms with van der Waals surface area (Å²) in [5.41, 5.74) is 0. The molecule has 0 aromatic carbocycles. The first-order valence-electron chi connectivity index (χ1n) is 23.1. The summed E-state index contributed by atoms with van der Waals surface area (Å²) in [5, 5.41) is 0. The maximum atomic E-state index is 12.7. The summed E-state index contributed by atoms with van der Waals surface area (Å²) in [6.45, 7) is 6.19. The van der Waals surface area contributed by atoms with Crippen molar-refractivity contribution in [2.45, 2.75) is 181 Å². The van der Waals surface area contributed by atoms with E-state index < -0.39 is 12.1 Å². The highest BCUT2D eigenvalue weighted by molar-refractivity contribution is 5.72. The van der Waals surface area contributed by atoms with Crippen LogP contribution < -0.4 is 0 Å². The molecule has 0 saturated carbocycles.